The lowest BCUT2D eigenvalue weighted by atomic mass is 9.97. The summed E-state index contributed by atoms with van der Waals surface area (Å²) < 4.78 is 83.9. The van der Waals surface area contributed by atoms with E-state index in [1.54, 1.807) is 13.0 Å². The van der Waals surface area contributed by atoms with Crippen LogP contribution >= 0.6 is 0 Å². The lowest BCUT2D eigenvalue weighted by Crippen LogP contribution is -2.44. The number of halogens is 5. The number of alkyl halides is 3. The van der Waals surface area contributed by atoms with E-state index in [0.29, 0.717) is 22.7 Å². The molecule has 0 unspecified atom stereocenters. The minimum absolute atomic E-state index is 0.0345. The highest BCUT2D eigenvalue weighted by atomic mass is 19.4. The first kappa shape index (κ1) is 27.5. The van der Waals surface area contributed by atoms with Gasteiger partial charge in [0.25, 0.3) is 0 Å². The number of carbonyl (C=O) groups excluding carboxylic acids is 1. The average Bonchev–Trinajstić information content (AvgIpc) is 3.66. The summed E-state index contributed by atoms with van der Waals surface area (Å²) in [5.74, 6) is -5.27. The first-order chi connectivity index (χ1) is 20.0. The van der Waals surface area contributed by atoms with Gasteiger partial charge in [0.05, 0.1) is 30.3 Å². The third-order valence-electron chi connectivity index (χ3n) is 7.45. The molecule has 2 aliphatic heterocycles. The third-order valence-corrected chi connectivity index (χ3v) is 7.45. The number of fused-ring (bicyclic) bond motifs is 3. The molecule has 1 N–H and O–H groups in total. The Kier molecular flexibility index (Phi) is 6.54. The number of carboxylic acids is 1. The average molecular weight is 588 g/mol. The molecule has 0 bridgehead atoms. The summed E-state index contributed by atoms with van der Waals surface area (Å²) in [6.07, 6.45) is -5.15. The lowest BCUT2D eigenvalue weighted by Gasteiger charge is -2.29. The second-order valence-corrected chi connectivity index (χ2v) is 9.97. The smallest absolute Gasteiger partial charge is 0.471 e. The molecule has 4 aromatic rings. The fraction of sp³-hybridized carbons (Fsp3) is 0.276. The van der Waals surface area contributed by atoms with Crippen molar-refractivity contribution in [2.45, 2.75) is 37.9 Å². The lowest BCUT2D eigenvalue weighted by molar-refractivity contribution is -0.171. The zero-order valence-electron chi connectivity index (χ0n) is 21.9. The number of hydrogen-bond acceptors (Lipinski definition) is 5. The molecule has 6 rings (SSSR count). The fourth-order valence-electron chi connectivity index (χ4n) is 5.62. The van der Waals surface area contributed by atoms with Crippen LogP contribution < -0.4 is 14.4 Å². The predicted molar refractivity (Wildman–Crippen MR) is 139 cm³/mol. The summed E-state index contributed by atoms with van der Waals surface area (Å²) in [4.78, 5) is 29.0. The summed E-state index contributed by atoms with van der Waals surface area (Å²) >= 11 is 0. The number of rotatable bonds is 6. The van der Waals surface area contributed by atoms with Gasteiger partial charge >= 0.3 is 18.1 Å². The Bertz CT molecular complexity index is 1750. The highest BCUT2D eigenvalue weighted by molar-refractivity contribution is 5.98. The van der Waals surface area contributed by atoms with Crippen LogP contribution in [0.3, 0.4) is 0 Å². The van der Waals surface area contributed by atoms with Crippen LogP contribution in [-0.2, 0) is 16.0 Å². The number of nitrogens with zero attached hydrogens (tertiary/aromatic N) is 3. The number of hydrogen-bond donors (Lipinski definition) is 1. The van der Waals surface area contributed by atoms with Crippen molar-refractivity contribution >= 4 is 28.6 Å². The van der Waals surface area contributed by atoms with Gasteiger partial charge in [0.1, 0.15) is 29.4 Å². The van der Waals surface area contributed by atoms with Crippen molar-refractivity contribution < 1.29 is 46.1 Å². The van der Waals surface area contributed by atoms with Gasteiger partial charge < -0.3 is 14.6 Å². The Morgan fingerprint density at radius 2 is 1.86 bits per heavy atom. The second kappa shape index (κ2) is 10.00. The molecule has 3 aromatic carbocycles. The molecule has 3 heterocycles. The molecule has 1 aromatic heterocycles. The summed E-state index contributed by atoms with van der Waals surface area (Å²) in [7, 11) is 0. The molecular formula is C29H22F5N3O5. The standard InChI is InChI=1S/C29H22F5N3O5/c1-2-23-35-19-9-8-18(30)25(31)26(19)37(23)20-5-3-4-17-21(13-42-27(17)20)36(28(40)29(32,33)34)15-6-7-16-14(10-24(38)39)12-41-22(16)11-15/h3-9,11,14,21H,2,10,12-13H2,1H3,(H,38,39)/t14-,21-/m1/s1. The van der Waals surface area contributed by atoms with Crippen LogP contribution in [0.5, 0.6) is 11.5 Å². The largest absolute Gasteiger partial charge is 0.493 e. The van der Waals surface area contributed by atoms with Crippen molar-refractivity contribution in [3.05, 3.63) is 77.1 Å². The van der Waals surface area contributed by atoms with E-state index >= 15 is 4.39 Å². The van der Waals surface area contributed by atoms with Gasteiger partial charge in [0.15, 0.2) is 11.6 Å². The van der Waals surface area contributed by atoms with Gasteiger partial charge in [-0.15, -0.1) is 0 Å². The predicted octanol–water partition coefficient (Wildman–Crippen LogP) is 5.85. The minimum Gasteiger partial charge on any atom is -0.493 e. The number of carbonyl (C=O) groups is 2. The maximum atomic E-state index is 15.0. The van der Waals surface area contributed by atoms with E-state index in [9.17, 15) is 27.2 Å². The molecule has 2 atom stereocenters. The zero-order valence-corrected chi connectivity index (χ0v) is 21.9. The maximum absolute atomic E-state index is 15.0. The summed E-state index contributed by atoms with van der Waals surface area (Å²) in [5.41, 5.74) is 0.866. The van der Waals surface area contributed by atoms with Crippen molar-refractivity contribution in [2.24, 2.45) is 0 Å². The van der Waals surface area contributed by atoms with Gasteiger partial charge in [0.2, 0.25) is 0 Å². The van der Waals surface area contributed by atoms with Crippen LogP contribution in [0.1, 0.15) is 42.3 Å². The van der Waals surface area contributed by atoms with Crippen molar-refractivity contribution in [1.82, 2.24) is 9.55 Å². The summed E-state index contributed by atoms with van der Waals surface area (Å²) in [5, 5.41) is 9.16. The number of anilines is 1. The first-order valence-corrected chi connectivity index (χ1v) is 13.0. The Morgan fingerprint density at radius 3 is 2.57 bits per heavy atom. The van der Waals surface area contributed by atoms with Gasteiger partial charge in [-0.2, -0.15) is 13.2 Å². The molecule has 218 valence electrons. The number of para-hydroxylation sites is 1. The monoisotopic (exact) mass is 587 g/mol. The molecule has 42 heavy (non-hydrogen) atoms. The van der Waals surface area contributed by atoms with Crippen molar-refractivity contribution in [2.75, 3.05) is 18.1 Å². The van der Waals surface area contributed by atoms with E-state index in [1.165, 1.54) is 41.0 Å². The zero-order chi connectivity index (χ0) is 29.9. The Labute approximate surface area is 234 Å². The normalized spacial score (nSPS) is 17.5. The molecule has 0 aliphatic carbocycles. The molecule has 0 fully saturated rings. The van der Waals surface area contributed by atoms with Crippen molar-refractivity contribution in [3.8, 4) is 17.2 Å². The fourth-order valence-corrected chi connectivity index (χ4v) is 5.62. The quantitative estimate of drug-likeness (QED) is 0.285. The number of aliphatic carboxylic acids is 1. The van der Waals surface area contributed by atoms with E-state index < -0.39 is 41.6 Å². The van der Waals surface area contributed by atoms with E-state index in [0.717, 1.165) is 6.07 Å². The van der Waals surface area contributed by atoms with Gasteiger partial charge in [-0.3, -0.25) is 19.1 Å². The van der Waals surface area contributed by atoms with Gasteiger partial charge in [-0.25, -0.2) is 13.8 Å². The van der Waals surface area contributed by atoms with Crippen LogP contribution in [0.2, 0.25) is 0 Å². The molecule has 0 radical (unpaired) electrons. The van der Waals surface area contributed by atoms with E-state index in [4.69, 9.17) is 14.6 Å². The highest BCUT2D eigenvalue weighted by Crippen LogP contribution is 2.46. The Morgan fingerprint density at radius 1 is 1.07 bits per heavy atom. The molecule has 0 saturated carbocycles. The number of ether oxygens (including phenoxy) is 2. The van der Waals surface area contributed by atoms with E-state index in [-0.39, 0.29) is 59.1 Å². The second-order valence-electron chi connectivity index (χ2n) is 9.97. The highest BCUT2D eigenvalue weighted by Gasteiger charge is 2.48. The number of carboxylic acid groups (broad SMARTS) is 1. The van der Waals surface area contributed by atoms with E-state index in [2.05, 4.69) is 4.98 Å². The van der Waals surface area contributed by atoms with Crippen LogP contribution in [-0.4, -0.2) is 45.9 Å². The Balaban J connectivity index is 1.47. The van der Waals surface area contributed by atoms with Gasteiger partial charge in [-0.1, -0.05) is 25.1 Å². The van der Waals surface area contributed by atoms with Crippen molar-refractivity contribution in [3.63, 3.8) is 0 Å². The van der Waals surface area contributed by atoms with Gasteiger partial charge in [0, 0.05) is 35.2 Å². The van der Waals surface area contributed by atoms with Gasteiger partial charge in [-0.05, 0) is 24.3 Å². The number of benzene rings is 3. The number of imidazole rings is 1. The molecule has 1 amide bonds. The SMILES string of the molecule is CCc1nc2ccc(F)c(F)c2n1-c1cccc2c1OC[C@H]2N(C(=O)C(F)(F)F)c1ccc2c(c1)OC[C@H]2CC(=O)O. The van der Waals surface area contributed by atoms with Crippen LogP contribution in [0.15, 0.2) is 48.5 Å². The molecule has 0 spiro atoms. The maximum Gasteiger partial charge on any atom is 0.471 e. The number of amides is 1. The minimum atomic E-state index is -5.25. The van der Waals surface area contributed by atoms with Crippen LogP contribution in [0, 0.1) is 11.6 Å². The number of aromatic nitrogens is 2. The summed E-state index contributed by atoms with van der Waals surface area (Å²) in [6, 6.07) is 9.66. The molecule has 8 nitrogen and oxygen atoms in total. The van der Waals surface area contributed by atoms with Crippen molar-refractivity contribution in [1.29, 1.82) is 0 Å². The first-order valence-electron chi connectivity index (χ1n) is 13.0. The van der Waals surface area contributed by atoms with E-state index in [1.807, 2.05) is 0 Å². The molecule has 0 saturated heterocycles. The summed E-state index contributed by atoms with van der Waals surface area (Å²) in [6.45, 7) is 1.44. The molecular weight excluding hydrogens is 565 g/mol. The molecule has 2 aliphatic rings. The topological polar surface area (TPSA) is 93.9 Å². The molecule has 13 heteroatoms. The number of aryl methyl sites for hydroxylation is 1. The third kappa shape index (κ3) is 4.39. The van der Waals surface area contributed by atoms with Crippen LogP contribution in [0.4, 0.5) is 27.6 Å². The van der Waals surface area contributed by atoms with Crippen LogP contribution in [0.25, 0.3) is 16.7 Å². The Hall–Kier alpha value is -4.68.